The van der Waals surface area contributed by atoms with Gasteiger partial charge in [-0.1, -0.05) is 41.6 Å². The molecule has 6 nitrogen and oxygen atoms in total. The van der Waals surface area contributed by atoms with Crippen LogP contribution in [-0.2, 0) is 4.79 Å². The van der Waals surface area contributed by atoms with Crippen LogP contribution in [0.1, 0.15) is 37.8 Å². The van der Waals surface area contributed by atoms with E-state index in [0.717, 1.165) is 24.1 Å². The van der Waals surface area contributed by atoms with Crippen molar-refractivity contribution in [1.29, 1.82) is 5.26 Å². The van der Waals surface area contributed by atoms with Gasteiger partial charge in [0.25, 0.3) is 0 Å². The minimum absolute atomic E-state index is 0.105. The summed E-state index contributed by atoms with van der Waals surface area (Å²) in [5, 5.41) is 17.8. The van der Waals surface area contributed by atoms with Crippen LogP contribution in [0.3, 0.4) is 0 Å². The van der Waals surface area contributed by atoms with Crippen LogP contribution in [0.25, 0.3) is 11.4 Å². The molecule has 0 saturated heterocycles. The number of carbonyl (C=O) groups excluding carboxylic acids is 1. The third kappa shape index (κ3) is 4.68. The molecule has 1 fully saturated rings. The lowest BCUT2D eigenvalue weighted by Gasteiger charge is -2.25. The van der Waals surface area contributed by atoms with E-state index in [-0.39, 0.29) is 24.2 Å². The van der Waals surface area contributed by atoms with Gasteiger partial charge in [-0.05, 0) is 51.0 Å². The van der Waals surface area contributed by atoms with Crippen LogP contribution in [0, 0.1) is 24.1 Å². The summed E-state index contributed by atoms with van der Waals surface area (Å²) >= 11 is 1.32. The van der Waals surface area contributed by atoms with Gasteiger partial charge in [0.1, 0.15) is 5.82 Å². The molecule has 1 heterocycles. The number of nitrogens with zero attached hydrogens (tertiary/aromatic N) is 5. The van der Waals surface area contributed by atoms with Crippen molar-refractivity contribution < 1.29 is 9.18 Å². The highest BCUT2D eigenvalue weighted by molar-refractivity contribution is 8.00. The molecule has 0 bridgehead atoms. The average molecular weight is 450 g/mol. The second kappa shape index (κ2) is 9.53. The number of rotatable bonds is 8. The number of halogens is 1. The number of carbonyl (C=O) groups is 1. The van der Waals surface area contributed by atoms with Gasteiger partial charge in [0.2, 0.25) is 5.91 Å². The lowest BCUT2D eigenvalue weighted by molar-refractivity contribution is -0.117. The van der Waals surface area contributed by atoms with E-state index in [0.29, 0.717) is 23.1 Å². The minimum atomic E-state index is -0.454. The summed E-state index contributed by atoms with van der Waals surface area (Å²) in [6.07, 6.45) is 2.20. The molecule has 1 atom stereocenters. The van der Waals surface area contributed by atoms with Gasteiger partial charge in [-0.15, -0.1) is 10.2 Å². The zero-order valence-electron chi connectivity index (χ0n) is 18.0. The quantitative estimate of drug-likeness (QED) is 0.444. The number of aryl methyl sites for hydroxylation is 1. The van der Waals surface area contributed by atoms with Crippen molar-refractivity contribution in [2.24, 2.45) is 0 Å². The third-order valence-corrected chi connectivity index (χ3v) is 6.42. The number of aromatic nitrogens is 3. The minimum Gasteiger partial charge on any atom is -0.310 e. The maximum absolute atomic E-state index is 14.4. The molecule has 32 heavy (non-hydrogen) atoms. The van der Waals surface area contributed by atoms with Gasteiger partial charge in [-0.25, -0.2) is 4.39 Å². The van der Waals surface area contributed by atoms with Gasteiger partial charge in [-0.2, -0.15) is 5.26 Å². The van der Waals surface area contributed by atoms with Gasteiger partial charge in [0, 0.05) is 18.3 Å². The molecule has 4 rings (SSSR count). The van der Waals surface area contributed by atoms with Crippen LogP contribution >= 0.6 is 11.8 Å². The van der Waals surface area contributed by atoms with Gasteiger partial charge in [0.15, 0.2) is 11.0 Å². The Hall–Kier alpha value is -3.18. The maximum Gasteiger partial charge on any atom is 0.240 e. The molecule has 0 radical (unpaired) electrons. The molecule has 1 unspecified atom stereocenters. The van der Waals surface area contributed by atoms with Crippen LogP contribution in [-0.4, -0.2) is 32.5 Å². The van der Waals surface area contributed by atoms with Crippen molar-refractivity contribution in [3.8, 4) is 17.5 Å². The van der Waals surface area contributed by atoms with Crippen molar-refractivity contribution in [1.82, 2.24) is 14.8 Å². The third-order valence-electron chi connectivity index (χ3n) is 5.38. The van der Waals surface area contributed by atoms with Crippen molar-refractivity contribution in [2.75, 3.05) is 11.4 Å². The molecule has 0 aliphatic heterocycles. The summed E-state index contributed by atoms with van der Waals surface area (Å²) < 4.78 is 16.4. The van der Waals surface area contributed by atoms with E-state index in [4.69, 9.17) is 5.26 Å². The molecular formula is C24H24FN5OS. The number of nitriles is 1. The monoisotopic (exact) mass is 449 g/mol. The lowest BCUT2D eigenvalue weighted by atomic mass is 10.2. The predicted molar refractivity (Wildman–Crippen MR) is 123 cm³/mol. The first-order valence-corrected chi connectivity index (χ1v) is 11.5. The molecule has 1 aromatic heterocycles. The molecule has 0 N–H and O–H groups in total. The average Bonchev–Trinajstić information content (AvgIpc) is 3.55. The number of hydrogen-bond donors (Lipinski definition) is 0. The Balaban J connectivity index is 1.59. The van der Waals surface area contributed by atoms with Crippen LogP contribution in [0.5, 0.6) is 0 Å². The van der Waals surface area contributed by atoms with Gasteiger partial charge in [0.05, 0.1) is 23.3 Å². The molecule has 1 aliphatic rings. The Labute approximate surface area is 191 Å². The molecule has 0 spiro atoms. The topological polar surface area (TPSA) is 74.8 Å². The van der Waals surface area contributed by atoms with Crippen molar-refractivity contribution in [3.63, 3.8) is 0 Å². The number of anilines is 1. The summed E-state index contributed by atoms with van der Waals surface area (Å²) in [6.45, 7) is 4.13. The van der Waals surface area contributed by atoms with Crippen LogP contribution in [0.15, 0.2) is 53.7 Å². The van der Waals surface area contributed by atoms with E-state index >= 15 is 0 Å². The fourth-order valence-corrected chi connectivity index (χ4v) is 4.51. The Kier molecular flexibility index (Phi) is 6.56. The van der Waals surface area contributed by atoms with E-state index < -0.39 is 5.25 Å². The Morgan fingerprint density at radius 1 is 1.25 bits per heavy atom. The van der Waals surface area contributed by atoms with Crippen molar-refractivity contribution >= 4 is 23.4 Å². The summed E-state index contributed by atoms with van der Waals surface area (Å²) in [5.41, 5.74) is 2.27. The van der Waals surface area contributed by atoms with E-state index in [1.807, 2.05) is 42.7 Å². The van der Waals surface area contributed by atoms with Crippen LogP contribution < -0.4 is 4.90 Å². The summed E-state index contributed by atoms with van der Waals surface area (Å²) in [7, 11) is 0. The number of amides is 1. The molecule has 8 heteroatoms. The molecule has 1 saturated carbocycles. The number of hydrogen-bond acceptors (Lipinski definition) is 5. The van der Waals surface area contributed by atoms with E-state index in [2.05, 4.69) is 16.3 Å². The Bertz CT molecular complexity index is 1150. The zero-order chi connectivity index (χ0) is 22.7. The molecule has 164 valence electrons. The summed E-state index contributed by atoms with van der Waals surface area (Å²) in [6, 6.07) is 16.6. The highest BCUT2D eigenvalue weighted by atomic mass is 32.2. The first-order chi connectivity index (χ1) is 15.5. The number of thioether (sulfide) groups is 1. The fourth-order valence-electron chi connectivity index (χ4n) is 3.53. The lowest BCUT2D eigenvalue weighted by Crippen LogP contribution is -2.37. The Morgan fingerprint density at radius 3 is 2.62 bits per heavy atom. The fraction of sp³-hybridized carbons (Fsp3) is 0.333. The second-order valence-electron chi connectivity index (χ2n) is 7.88. The standard InChI is InChI=1S/C24H24FN5OS/c1-16-8-10-18(11-9-16)29(15-5-14-26)23(31)17(2)32-24-28-27-22(30(24)19-12-13-19)20-6-3-4-7-21(20)25/h3-4,6-11,17,19H,5,12-13,15H2,1-2H3. The molecule has 1 amide bonds. The van der Waals surface area contributed by atoms with Gasteiger partial charge in [-0.3, -0.25) is 9.36 Å². The summed E-state index contributed by atoms with van der Waals surface area (Å²) in [4.78, 5) is 15.0. The van der Waals surface area contributed by atoms with Gasteiger partial charge < -0.3 is 4.90 Å². The summed E-state index contributed by atoms with van der Waals surface area (Å²) in [5.74, 6) is 0.0454. The first-order valence-electron chi connectivity index (χ1n) is 10.6. The molecule has 3 aromatic rings. The highest BCUT2D eigenvalue weighted by Crippen LogP contribution is 2.42. The second-order valence-corrected chi connectivity index (χ2v) is 9.19. The van der Waals surface area contributed by atoms with E-state index in [1.165, 1.54) is 17.8 Å². The van der Waals surface area contributed by atoms with Crippen LogP contribution in [0.4, 0.5) is 10.1 Å². The Morgan fingerprint density at radius 2 is 1.97 bits per heavy atom. The zero-order valence-corrected chi connectivity index (χ0v) is 18.8. The molecule has 2 aromatic carbocycles. The SMILES string of the molecule is Cc1ccc(N(CCC#N)C(=O)C(C)Sc2nnc(-c3ccccc3F)n2C2CC2)cc1. The molecular weight excluding hydrogens is 425 g/mol. The predicted octanol–water partition coefficient (Wildman–Crippen LogP) is 5.16. The van der Waals surface area contributed by atoms with Crippen molar-refractivity contribution in [2.45, 2.75) is 49.6 Å². The van der Waals surface area contributed by atoms with Crippen molar-refractivity contribution in [3.05, 3.63) is 59.9 Å². The molecule has 1 aliphatic carbocycles. The van der Waals surface area contributed by atoms with E-state index in [9.17, 15) is 9.18 Å². The normalized spacial score (nSPS) is 14.1. The largest absolute Gasteiger partial charge is 0.310 e. The van der Waals surface area contributed by atoms with Crippen LogP contribution in [0.2, 0.25) is 0 Å². The maximum atomic E-state index is 14.4. The van der Waals surface area contributed by atoms with Gasteiger partial charge >= 0.3 is 0 Å². The number of benzene rings is 2. The van der Waals surface area contributed by atoms with E-state index in [1.54, 1.807) is 23.1 Å². The first kappa shape index (κ1) is 22.0. The smallest absolute Gasteiger partial charge is 0.240 e. The highest BCUT2D eigenvalue weighted by Gasteiger charge is 2.33.